The quantitative estimate of drug-likeness (QED) is 0.192. The van der Waals surface area contributed by atoms with Gasteiger partial charge in [-0.15, -0.1) is 15.0 Å². The Labute approximate surface area is 250 Å². The number of halogens is 1. The average Bonchev–Trinajstić information content (AvgIpc) is 3.27. The molecule has 0 aliphatic heterocycles. The maximum atomic E-state index is 13.5. The molecule has 214 valence electrons. The zero-order valence-corrected chi connectivity index (χ0v) is 27.1. The molecular weight excluding hydrogens is 695 g/mol. The summed E-state index contributed by atoms with van der Waals surface area (Å²) in [6.07, 6.45) is 4.17. The van der Waals surface area contributed by atoms with Gasteiger partial charge < -0.3 is 14.8 Å². The third-order valence-electron chi connectivity index (χ3n) is 5.55. The minimum absolute atomic E-state index is 0.205. The Balaban J connectivity index is 1.84. The van der Waals surface area contributed by atoms with Gasteiger partial charge in [0.1, 0.15) is 11.0 Å². The number of nitrogen functional groups attached to an aromatic ring is 1. The van der Waals surface area contributed by atoms with E-state index in [2.05, 4.69) is 39.4 Å². The van der Waals surface area contributed by atoms with Crippen molar-refractivity contribution in [1.29, 1.82) is 0 Å². The normalized spacial score (nSPS) is 13.5. The number of benzene rings is 1. The van der Waals surface area contributed by atoms with Crippen LogP contribution in [0.4, 0.5) is 16.5 Å². The van der Waals surface area contributed by atoms with E-state index in [1.807, 2.05) is 12.1 Å². The lowest BCUT2D eigenvalue weighted by Crippen LogP contribution is -2.35. The largest absolute Gasteiger partial charge is 0.400 e. The molecule has 2 unspecified atom stereocenters. The van der Waals surface area contributed by atoms with Crippen molar-refractivity contribution in [2.24, 2.45) is 0 Å². The van der Waals surface area contributed by atoms with Crippen molar-refractivity contribution in [3.05, 3.63) is 65.2 Å². The van der Waals surface area contributed by atoms with Crippen molar-refractivity contribution in [2.45, 2.75) is 25.0 Å². The standard InChI is InChI=1S/C24H31IN4O6S4/c1-4-13-28(14-12-25)19-6-8-20(9-7-19)35-37(30)22(21-11-15-36-24(21)26)16-18-5-10-23(27-17-18)29(38(2,31)32)39(3,33)34/h5-11,15,17,22H,4,12-14,16,26H2,1-3H3. The van der Waals surface area contributed by atoms with Crippen LogP contribution in [-0.2, 0) is 37.5 Å². The number of aromatic nitrogens is 1. The second-order valence-electron chi connectivity index (χ2n) is 8.69. The molecule has 39 heavy (non-hydrogen) atoms. The molecule has 15 heteroatoms. The van der Waals surface area contributed by atoms with E-state index in [1.165, 1.54) is 23.6 Å². The molecular formula is C24H31IN4O6S4. The third kappa shape index (κ3) is 8.52. The van der Waals surface area contributed by atoms with Gasteiger partial charge in [-0.3, -0.25) is 0 Å². The molecule has 2 N–H and O–H groups in total. The van der Waals surface area contributed by atoms with Crippen molar-refractivity contribution in [2.75, 3.05) is 44.4 Å². The monoisotopic (exact) mass is 726 g/mol. The first-order valence-electron chi connectivity index (χ1n) is 11.8. The van der Waals surface area contributed by atoms with Crippen LogP contribution < -0.4 is 18.5 Å². The number of pyridine rings is 1. The fourth-order valence-electron chi connectivity index (χ4n) is 3.93. The van der Waals surface area contributed by atoms with Crippen LogP contribution in [0.15, 0.2) is 54.0 Å². The zero-order chi connectivity index (χ0) is 28.8. The first-order valence-corrected chi connectivity index (χ1v) is 19.1. The molecule has 3 rings (SSSR count). The summed E-state index contributed by atoms with van der Waals surface area (Å²) in [5.74, 6) is 0.194. The third-order valence-corrected chi connectivity index (χ3v) is 11.2. The Morgan fingerprint density at radius 2 is 1.72 bits per heavy atom. The van der Waals surface area contributed by atoms with Gasteiger partial charge in [-0.05, 0) is 60.2 Å². The van der Waals surface area contributed by atoms with Crippen molar-refractivity contribution in [3.63, 3.8) is 0 Å². The van der Waals surface area contributed by atoms with E-state index < -0.39 is 36.4 Å². The fraction of sp³-hybridized carbons (Fsp3) is 0.375. The van der Waals surface area contributed by atoms with Crippen LogP contribution in [0.3, 0.4) is 0 Å². The van der Waals surface area contributed by atoms with Crippen LogP contribution in [0.2, 0.25) is 0 Å². The highest BCUT2D eigenvalue weighted by atomic mass is 127. The number of sulfonamides is 2. The minimum atomic E-state index is -4.12. The fourth-order valence-corrected chi connectivity index (χ4v) is 9.32. The number of hydrogen-bond acceptors (Lipinski definition) is 10. The molecule has 0 aliphatic rings. The average molecular weight is 727 g/mol. The van der Waals surface area contributed by atoms with E-state index in [1.54, 1.807) is 29.6 Å². The predicted octanol–water partition coefficient (Wildman–Crippen LogP) is 4.13. The molecule has 2 heterocycles. The second-order valence-corrected chi connectivity index (χ2v) is 15.9. The van der Waals surface area contributed by atoms with Gasteiger partial charge in [0.05, 0.1) is 17.5 Å². The van der Waals surface area contributed by atoms with Gasteiger partial charge >= 0.3 is 0 Å². The summed E-state index contributed by atoms with van der Waals surface area (Å²) >= 11 is 1.84. The van der Waals surface area contributed by atoms with Crippen molar-refractivity contribution < 1.29 is 25.2 Å². The van der Waals surface area contributed by atoms with Crippen LogP contribution in [0.1, 0.15) is 29.7 Å². The minimum Gasteiger partial charge on any atom is -0.400 e. The maximum absolute atomic E-state index is 13.5. The highest BCUT2D eigenvalue weighted by molar-refractivity contribution is 14.1. The van der Waals surface area contributed by atoms with Crippen LogP contribution in [0.5, 0.6) is 5.75 Å². The summed E-state index contributed by atoms with van der Waals surface area (Å²) in [7, 11) is -8.24. The molecule has 0 bridgehead atoms. The van der Waals surface area contributed by atoms with Gasteiger partial charge in [0.25, 0.3) is 0 Å². The number of nitrogens with two attached hydrogens (primary N) is 1. The SMILES string of the molecule is CCCN(CCI)c1ccc(OS(=O)C(Cc2ccc(N(S(C)(=O)=O)S(C)(=O)=O)nc2)c2ccsc2N)cc1. The zero-order valence-electron chi connectivity index (χ0n) is 21.7. The number of rotatable bonds is 14. The highest BCUT2D eigenvalue weighted by Crippen LogP contribution is 2.34. The summed E-state index contributed by atoms with van der Waals surface area (Å²) in [5.41, 5.74) is 8.48. The molecule has 3 aromatic rings. The lowest BCUT2D eigenvalue weighted by molar-refractivity contribution is 0.547. The van der Waals surface area contributed by atoms with E-state index in [4.69, 9.17) is 9.92 Å². The second kappa shape index (κ2) is 13.6. The topological polar surface area (TPSA) is 140 Å². The maximum Gasteiger partial charge on any atom is 0.246 e. The smallest absolute Gasteiger partial charge is 0.246 e. The van der Waals surface area contributed by atoms with E-state index in [0.29, 0.717) is 21.9 Å². The van der Waals surface area contributed by atoms with E-state index in [9.17, 15) is 21.0 Å². The molecule has 10 nitrogen and oxygen atoms in total. The Morgan fingerprint density at radius 3 is 2.21 bits per heavy atom. The van der Waals surface area contributed by atoms with Gasteiger partial charge in [0.15, 0.2) is 5.82 Å². The molecule has 0 fully saturated rings. The molecule has 1 aromatic carbocycles. The van der Waals surface area contributed by atoms with Crippen molar-refractivity contribution in [3.8, 4) is 5.75 Å². The Kier molecular flexibility index (Phi) is 11.0. The Hall–Kier alpha value is -1.95. The Morgan fingerprint density at radius 1 is 1.05 bits per heavy atom. The lowest BCUT2D eigenvalue weighted by Gasteiger charge is -2.23. The number of hydrogen-bond donors (Lipinski definition) is 1. The first-order chi connectivity index (χ1) is 18.3. The van der Waals surface area contributed by atoms with Crippen LogP contribution in [0.25, 0.3) is 0 Å². The highest BCUT2D eigenvalue weighted by Gasteiger charge is 2.29. The molecule has 0 radical (unpaired) electrons. The molecule has 0 saturated heterocycles. The van der Waals surface area contributed by atoms with Gasteiger partial charge in [-0.2, -0.15) is 0 Å². The van der Waals surface area contributed by atoms with E-state index in [-0.39, 0.29) is 15.9 Å². The molecule has 0 amide bonds. The van der Waals surface area contributed by atoms with Gasteiger partial charge in [0.2, 0.25) is 31.1 Å². The summed E-state index contributed by atoms with van der Waals surface area (Å²) in [5, 5.41) is 1.66. The number of nitrogens with zero attached hydrogens (tertiary/aromatic N) is 3. The number of thiophene rings is 1. The first kappa shape index (κ1) is 31.6. The molecule has 2 aromatic heterocycles. The van der Waals surface area contributed by atoms with Gasteiger partial charge in [-0.25, -0.2) is 26.0 Å². The Bertz CT molecular complexity index is 1440. The van der Waals surface area contributed by atoms with Crippen LogP contribution >= 0.6 is 33.9 Å². The molecule has 0 spiro atoms. The summed E-state index contributed by atoms with van der Waals surface area (Å²) < 4.78 is 68.8. The van der Waals surface area contributed by atoms with Gasteiger partial charge in [0, 0.05) is 35.0 Å². The van der Waals surface area contributed by atoms with Gasteiger partial charge in [-0.1, -0.05) is 35.6 Å². The number of anilines is 3. The summed E-state index contributed by atoms with van der Waals surface area (Å²) in [6, 6.07) is 12.1. The molecule has 2 atom stereocenters. The predicted molar refractivity (Wildman–Crippen MR) is 168 cm³/mol. The van der Waals surface area contributed by atoms with E-state index in [0.717, 1.165) is 42.1 Å². The summed E-state index contributed by atoms with van der Waals surface area (Å²) in [6.45, 7) is 4.00. The lowest BCUT2D eigenvalue weighted by atomic mass is 10.1. The van der Waals surface area contributed by atoms with Crippen LogP contribution in [-0.4, -0.2) is 56.1 Å². The molecule has 0 aliphatic carbocycles. The number of alkyl halides is 1. The summed E-state index contributed by atoms with van der Waals surface area (Å²) in [4.78, 5) is 6.35. The van der Waals surface area contributed by atoms with E-state index >= 15 is 0 Å². The van der Waals surface area contributed by atoms with Crippen LogP contribution in [0, 0.1) is 0 Å². The molecule has 0 saturated carbocycles. The van der Waals surface area contributed by atoms with Crippen molar-refractivity contribution in [1.82, 2.24) is 4.98 Å². The van der Waals surface area contributed by atoms with Crippen molar-refractivity contribution >= 4 is 81.6 Å².